The van der Waals surface area contributed by atoms with Gasteiger partial charge in [0.2, 0.25) is 0 Å². The van der Waals surface area contributed by atoms with Gasteiger partial charge in [0.25, 0.3) is 0 Å². The molecule has 0 atom stereocenters. The number of hydrogen-bond acceptors (Lipinski definition) is 2. The lowest BCUT2D eigenvalue weighted by atomic mass is 10.0. The minimum atomic E-state index is 0.936. The van der Waals surface area contributed by atoms with Crippen LogP contribution in [0.15, 0.2) is 65.6 Å². The number of nitrogens with one attached hydrogen (secondary N) is 1. The molecule has 2 nitrogen and oxygen atoms in total. The fourth-order valence-corrected chi connectivity index (χ4v) is 3.10. The predicted octanol–water partition coefficient (Wildman–Crippen LogP) is 4.96. The van der Waals surface area contributed by atoms with Gasteiger partial charge >= 0.3 is 0 Å². The Balaban J connectivity index is 1.92. The first-order valence-corrected chi connectivity index (χ1v) is 7.41. The highest BCUT2D eigenvalue weighted by Crippen LogP contribution is 2.31. The highest BCUT2D eigenvalue weighted by molar-refractivity contribution is 7.08. The molecule has 0 aliphatic heterocycles. The van der Waals surface area contributed by atoms with E-state index < -0.39 is 0 Å². The van der Waals surface area contributed by atoms with E-state index in [-0.39, 0.29) is 0 Å². The van der Waals surface area contributed by atoms with Gasteiger partial charge in [-0.15, -0.1) is 0 Å². The fraction of sp³-hybridized carbons (Fsp3) is 0. The Labute approximate surface area is 120 Å². The number of thiophene rings is 1. The van der Waals surface area contributed by atoms with Gasteiger partial charge in [-0.25, -0.2) is 4.98 Å². The molecule has 3 aromatic heterocycles. The Hall–Kier alpha value is -2.39. The first-order valence-electron chi connectivity index (χ1n) is 6.47. The van der Waals surface area contributed by atoms with E-state index in [1.807, 2.05) is 18.5 Å². The Bertz CT molecular complexity index is 845. The van der Waals surface area contributed by atoms with Crippen molar-refractivity contribution in [2.45, 2.75) is 0 Å². The SMILES string of the molecule is c1ccc(-c2cnc3[nH]cc(-c4ccsc4)c3c2)cc1. The Morgan fingerprint density at radius 3 is 2.65 bits per heavy atom. The maximum atomic E-state index is 4.54. The Morgan fingerprint density at radius 1 is 0.950 bits per heavy atom. The lowest BCUT2D eigenvalue weighted by Gasteiger charge is -2.02. The first-order chi connectivity index (χ1) is 9.92. The van der Waals surface area contributed by atoms with Crippen molar-refractivity contribution < 1.29 is 0 Å². The molecule has 0 fully saturated rings. The summed E-state index contributed by atoms with van der Waals surface area (Å²) in [6.45, 7) is 0. The summed E-state index contributed by atoms with van der Waals surface area (Å²) in [6, 6.07) is 14.7. The molecule has 0 bridgehead atoms. The van der Waals surface area contributed by atoms with Gasteiger partial charge in [0.1, 0.15) is 5.65 Å². The maximum Gasteiger partial charge on any atom is 0.137 e. The molecule has 0 radical (unpaired) electrons. The normalized spacial score (nSPS) is 11.0. The second kappa shape index (κ2) is 4.62. The third-order valence-electron chi connectivity index (χ3n) is 3.47. The molecule has 0 spiro atoms. The molecule has 1 aromatic carbocycles. The largest absolute Gasteiger partial charge is 0.346 e. The molecule has 0 saturated carbocycles. The molecule has 0 aliphatic rings. The molecule has 20 heavy (non-hydrogen) atoms. The minimum absolute atomic E-state index is 0.936. The van der Waals surface area contributed by atoms with E-state index in [1.54, 1.807) is 11.3 Å². The van der Waals surface area contributed by atoms with Crippen LogP contribution in [0.2, 0.25) is 0 Å². The van der Waals surface area contributed by atoms with Crippen LogP contribution in [0.5, 0.6) is 0 Å². The molecule has 3 heteroatoms. The van der Waals surface area contributed by atoms with Crippen molar-refractivity contribution in [1.29, 1.82) is 0 Å². The summed E-state index contributed by atoms with van der Waals surface area (Å²) in [5.74, 6) is 0. The molecular formula is C17H12N2S. The number of aromatic nitrogens is 2. The van der Waals surface area contributed by atoms with Crippen molar-refractivity contribution >= 4 is 22.4 Å². The van der Waals surface area contributed by atoms with Crippen molar-refractivity contribution in [3.8, 4) is 22.3 Å². The number of fused-ring (bicyclic) bond motifs is 1. The number of benzene rings is 1. The number of rotatable bonds is 2. The van der Waals surface area contributed by atoms with Gasteiger partial charge in [-0.2, -0.15) is 11.3 Å². The number of H-pyrrole nitrogens is 1. The summed E-state index contributed by atoms with van der Waals surface area (Å²) in [7, 11) is 0. The van der Waals surface area contributed by atoms with Gasteiger partial charge < -0.3 is 4.98 Å². The molecular weight excluding hydrogens is 264 g/mol. The summed E-state index contributed by atoms with van der Waals surface area (Å²) in [4.78, 5) is 7.78. The molecule has 3 heterocycles. The van der Waals surface area contributed by atoms with E-state index in [2.05, 4.69) is 57.1 Å². The van der Waals surface area contributed by atoms with Crippen LogP contribution in [-0.2, 0) is 0 Å². The quantitative estimate of drug-likeness (QED) is 0.551. The summed E-state index contributed by atoms with van der Waals surface area (Å²) < 4.78 is 0. The van der Waals surface area contributed by atoms with Crippen LogP contribution in [0, 0.1) is 0 Å². The number of nitrogens with zero attached hydrogens (tertiary/aromatic N) is 1. The van der Waals surface area contributed by atoms with Crippen LogP contribution in [0.3, 0.4) is 0 Å². The third-order valence-corrected chi connectivity index (χ3v) is 4.15. The lowest BCUT2D eigenvalue weighted by Crippen LogP contribution is -1.81. The van der Waals surface area contributed by atoms with Crippen LogP contribution in [0.1, 0.15) is 0 Å². The van der Waals surface area contributed by atoms with Crippen LogP contribution in [-0.4, -0.2) is 9.97 Å². The minimum Gasteiger partial charge on any atom is -0.346 e. The maximum absolute atomic E-state index is 4.54. The topological polar surface area (TPSA) is 28.7 Å². The molecule has 4 rings (SSSR count). The van der Waals surface area contributed by atoms with Gasteiger partial charge in [0.05, 0.1) is 0 Å². The Kier molecular flexibility index (Phi) is 2.64. The summed E-state index contributed by atoms with van der Waals surface area (Å²) in [6.07, 6.45) is 3.96. The van der Waals surface area contributed by atoms with Crippen molar-refractivity contribution in [1.82, 2.24) is 9.97 Å². The molecule has 0 aliphatic carbocycles. The first kappa shape index (κ1) is 11.4. The predicted molar refractivity (Wildman–Crippen MR) is 84.8 cm³/mol. The van der Waals surface area contributed by atoms with Crippen LogP contribution >= 0.6 is 11.3 Å². The van der Waals surface area contributed by atoms with E-state index in [9.17, 15) is 0 Å². The number of pyridine rings is 1. The molecule has 96 valence electrons. The van der Waals surface area contributed by atoms with E-state index >= 15 is 0 Å². The van der Waals surface area contributed by atoms with Gasteiger partial charge in [0.15, 0.2) is 0 Å². The van der Waals surface area contributed by atoms with Gasteiger partial charge in [0, 0.05) is 28.9 Å². The average Bonchev–Trinajstić information content (AvgIpc) is 3.16. The van der Waals surface area contributed by atoms with Crippen LogP contribution in [0.25, 0.3) is 33.3 Å². The van der Waals surface area contributed by atoms with Crippen LogP contribution in [0.4, 0.5) is 0 Å². The fourth-order valence-electron chi connectivity index (χ4n) is 2.45. The average molecular weight is 276 g/mol. The monoisotopic (exact) mass is 276 g/mol. The highest BCUT2D eigenvalue weighted by Gasteiger charge is 2.09. The standard InChI is InChI=1S/C17H12N2S/c1-2-4-12(5-3-1)14-8-15-16(13-6-7-20-11-13)10-19-17(15)18-9-14/h1-11H,(H,18,19). The summed E-state index contributed by atoms with van der Waals surface area (Å²) in [5.41, 5.74) is 5.74. The van der Waals surface area contributed by atoms with E-state index in [1.165, 1.54) is 22.1 Å². The van der Waals surface area contributed by atoms with Gasteiger partial charge in [-0.3, -0.25) is 0 Å². The highest BCUT2D eigenvalue weighted by atomic mass is 32.1. The number of aromatic amines is 1. The lowest BCUT2D eigenvalue weighted by molar-refractivity contribution is 1.33. The smallest absolute Gasteiger partial charge is 0.137 e. The van der Waals surface area contributed by atoms with Gasteiger partial charge in [-0.05, 0) is 34.0 Å². The molecule has 0 saturated heterocycles. The third kappa shape index (κ3) is 1.84. The van der Waals surface area contributed by atoms with Crippen molar-refractivity contribution in [2.24, 2.45) is 0 Å². The zero-order valence-corrected chi connectivity index (χ0v) is 11.5. The van der Waals surface area contributed by atoms with Crippen molar-refractivity contribution in [3.05, 3.63) is 65.6 Å². The second-order valence-electron chi connectivity index (χ2n) is 4.70. The van der Waals surface area contributed by atoms with E-state index in [0.717, 1.165) is 11.2 Å². The zero-order chi connectivity index (χ0) is 13.4. The van der Waals surface area contributed by atoms with Crippen molar-refractivity contribution in [3.63, 3.8) is 0 Å². The Morgan fingerprint density at radius 2 is 1.85 bits per heavy atom. The van der Waals surface area contributed by atoms with Gasteiger partial charge in [-0.1, -0.05) is 30.3 Å². The molecule has 0 amide bonds. The summed E-state index contributed by atoms with van der Waals surface area (Å²) >= 11 is 1.71. The van der Waals surface area contributed by atoms with E-state index in [4.69, 9.17) is 0 Å². The van der Waals surface area contributed by atoms with Crippen LogP contribution < -0.4 is 0 Å². The molecule has 0 unspecified atom stereocenters. The second-order valence-corrected chi connectivity index (χ2v) is 5.48. The van der Waals surface area contributed by atoms with E-state index in [0.29, 0.717) is 0 Å². The number of hydrogen-bond donors (Lipinski definition) is 1. The molecule has 4 aromatic rings. The zero-order valence-electron chi connectivity index (χ0n) is 10.7. The summed E-state index contributed by atoms with van der Waals surface area (Å²) in [5, 5.41) is 5.44. The molecule has 1 N–H and O–H groups in total. The van der Waals surface area contributed by atoms with Crippen molar-refractivity contribution in [2.75, 3.05) is 0 Å².